The van der Waals surface area contributed by atoms with E-state index in [0.29, 0.717) is 19.3 Å². The van der Waals surface area contributed by atoms with Crippen LogP contribution in [0, 0.1) is 5.82 Å². The third-order valence-corrected chi connectivity index (χ3v) is 5.97. The maximum Gasteiger partial charge on any atom is 0.408 e. The molecule has 2 N–H and O–H groups in total. The monoisotopic (exact) mass is 518 g/mol. The predicted molar refractivity (Wildman–Crippen MR) is 113 cm³/mol. The van der Waals surface area contributed by atoms with Crippen LogP contribution in [0.1, 0.15) is 19.3 Å². The Bertz CT molecular complexity index is 1200. The van der Waals surface area contributed by atoms with Gasteiger partial charge in [-0.2, -0.15) is 18.3 Å². The second-order valence-electron chi connectivity index (χ2n) is 8.61. The minimum absolute atomic E-state index is 0.0623. The van der Waals surface area contributed by atoms with Gasteiger partial charge in [0.05, 0.1) is 11.2 Å². The first kappa shape index (κ1) is 24.8. The Morgan fingerprint density at radius 3 is 2.23 bits per heavy atom. The molecule has 1 aromatic heterocycles. The lowest BCUT2D eigenvalue weighted by molar-refractivity contribution is -0.151. The number of carbonyl (C=O) groups excluding carboxylic acids is 2. The number of hydrogen-bond donors (Lipinski definition) is 2. The number of alkyl halides is 3. The third-order valence-electron chi connectivity index (χ3n) is 5.67. The van der Waals surface area contributed by atoms with E-state index in [2.05, 4.69) is 15.7 Å². The van der Waals surface area contributed by atoms with Gasteiger partial charge in [-0.15, -0.1) is 0 Å². The van der Waals surface area contributed by atoms with Crippen LogP contribution in [-0.2, 0) is 16.1 Å². The molecule has 0 aliphatic heterocycles. The highest BCUT2D eigenvalue weighted by molar-refractivity contribution is 6.30. The molecule has 0 atom stereocenters. The summed E-state index contributed by atoms with van der Waals surface area (Å²) < 4.78 is 61.5. The highest BCUT2D eigenvalue weighted by Gasteiger charge is 2.69. The van der Waals surface area contributed by atoms with Crippen molar-refractivity contribution in [2.75, 3.05) is 13.2 Å². The van der Waals surface area contributed by atoms with Crippen LogP contribution in [-0.4, -0.2) is 52.1 Å². The summed E-state index contributed by atoms with van der Waals surface area (Å²) in [5, 5.41) is 8.88. The second-order valence-corrected chi connectivity index (χ2v) is 9.02. The van der Waals surface area contributed by atoms with Gasteiger partial charge in [0.15, 0.2) is 19.0 Å². The van der Waals surface area contributed by atoms with E-state index in [-0.39, 0.29) is 22.1 Å². The van der Waals surface area contributed by atoms with Crippen LogP contribution in [0.25, 0.3) is 0 Å². The van der Waals surface area contributed by atoms with Gasteiger partial charge in [-0.3, -0.25) is 14.4 Å². The fourth-order valence-corrected chi connectivity index (χ4v) is 4.52. The number of halogens is 5. The van der Waals surface area contributed by atoms with Gasteiger partial charge in [0, 0.05) is 23.2 Å². The fourth-order valence-electron chi connectivity index (χ4n) is 4.40. The van der Waals surface area contributed by atoms with E-state index in [1.807, 2.05) is 0 Å². The van der Waals surface area contributed by atoms with Crippen LogP contribution in [0.3, 0.4) is 0 Å². The third kappa shape index (κ3) is 5.66. The summed E-state index contributed by atoms with van der Waals surface area (Å²) in [6, 6.07) is 4.90. The predicted octanol–water partition coefficient (Wildman–Crippen LogP) is 1.96. The number of aromatic nitrogens is 2. The average molecular weight is 519 g/mol. The number of hydrogen-bond acceptors (Lipinski definition) is 6. The Hall–Kier alpha value is -3.35. The zero-order chi connectivity index (χ0) is 25.4. The Balaban J connectivity index is 1.20. The molecule has 9 nitrogen and oxygen atoms in total. The summed E-state index contributed by atoms with van der Waals surface area (Å²) in [4.78, 5) is 36.4. The number of ether oxygens (including phenoxy) is 2. The van der Waals surface area contributed by atoms with Crippen molar-refractivity contribution in [1.82, 2.24) is 20.4 Å². The van der Waals surface area contributed by atoms with Crippen molar-refractivity contribution in [3.63, 3.8) is 0 Å². The lowest BCUT2D eigenvalue weighted by Crippen LogP contribution is -2.84. The molecule has 3 aliphatic rings. The van der Waals surface area contributed by atoms with Gasteiger partial charge >= 0.3 is 11.7 Å². The van der Waals surface area contributed by atoms with Gasteiger partial charge in [0.1, 0.15) is 18.1 Å². The molecule has 2 amide bonds. The van der Waals surface area contributed by atoms with E-state index in [0.717, 1.165) is 18.3 Å². The molecule has 0 radical (unpaired) electrons. The molecule has 14 heteroatoms. The number of carbonyl (C=O) groups is 2. The van der Waals surface area contributed by atoms with Gasteiger partial charge in [-0.1, -0.05) is 11.6 Å². The van der Waals surface area contributed by atoms with Crippen LogP contribution < -0.4 is 25.7 Å². The lowest BCUT2D eigenvalue weighted by atomic mass is 9.44. The molecule has 1 aromatic carbocycles. The van der Waals surface area contributed by atoms with Crippen LogP contribution in [0.5, 0.6) is 11.5 Å². The average Bonchev–Trinajstić information content (AvgIpc) is 2.72. The van der Waals surface area contributed by atoms with Crippen LogP contribution >= 0.6 is 11.6 Å². The molecule has 5 rings (SSSR count). The van der Waals surface area contributed by atoms with Gasteiger partial charge in [-0.25, -0.2) is 9.07 Å². The van der Waals surface area contributed by atoms with E-state index in [1.165, 1.54) is 12.1 Å². The molecule has 0 saturated heterocycles. The molecule has 35 heavy (non-hydrogen) atoms. The van der Waals surface area contributed by atoms with Crippen LogP contribution in [0.15, 0.2) is 35.3 Å². The smallest absolute Gasteiger partial charge is 0.408 e. The first-order valence-electron chi connectivity index (χ1n) is 10.3. The molecule has 2 bridgehead atoms. The maximum absolute atomic E-state index is 13.4. The SMILES string of the molecule is O=C(COc1ccc(Cl)c(F)c1)NC12CC(NC(=O)COc3ccnn(CC(F)(F)F)c3=O)(C1)C2. The quantitative estimate of drug-likeness (QED) is 0.491. The van der Waals surface area contributed by atoms with Gasteiger partial charge in [0.2, 0.25) is 0 Å². The zero-order valence-corrected chi connectivity index (χ0v) is 18.7. The van der Waals surface area contributed by atoms with E-state index in [4.69, 9.17) is 21.1 Å². The molecular weight excluding hydrogens is 500 g/mol. The van der Waals surface area contributed by atoms with E-state index < -0.39 is 59.3 Å². The number of amides is 2. The van der Waals surface area contributed by atoms with Crippen LogP contribution in [0.2, 0.25) is 5.02 Å². The number of rotatable bonds is 9. The molecule has 0 unspecified atom stereocenters. The minimum Gasteiger partial charge on any atom is -0.484 e. The summed E-state index contributed by atoms with van der Waals surface area (Å²) in [6.45, 7) is -2.47. The highest BCUT2D eigenvalue weighted by Crippen LogP contribution is 2.60. The Kier molecular flexibility index (Phi) is 6.38. The van der Waals surface area contributed by atoms with Crippen LogP contribution in [0.4, 0.5) is 17.6 Å². The molecule has 0 spiro atoms. The van der Waals surface area contributed by atoms with Gasteiger partial charge in [0.25, 0.3) is 11.8 Å². The molecule has 188 valence electrons. The fraction of sp³-hybridized carbons (Fsp3) is 0.429. The maximum atomic E-state index is 13.4. The Labute approximate surface area is 200 Å². The van der Waals surface area contributed by atoms with E-state index >= 15 is 0 Å². The number of nitrogens with one attached hydrogen (secondary N) is 2. The van der Waals surface area contributed by atoms with E-state index in [1.54, 1.807) is 0 Å². The molecule has 3 aliphatic carbocycles. The second kappa shape index (κ2) is 9.02. The topological polar surface area (TPSA) is 112 Å². The van der Waals surface area contributed by atoms with Crippen molar-refractivity contribution in [3.8, 4) is 11.5 Å². The largest absolute Gasteiger partial charge is 0.484 e. The standard InChI is InChI=1S/C21H19ClF4N4O5/c22-13-2-1-12(5-14(13)23)34-6-16(31)28-19-8-20(9-19,10-19)29-17(32)7-35-15-3-4-27-30(18(15)33)11-21(24,25)26/h1-5H,6-11H2,(H,28,31)(H,29,32). The van der Waals surface area contributed by atoms with Gasteiger partial charge < -0.3 is 20.1 Å². The first-order chi connectivity index (χ1) is 16.4. The minimum atomic E-state index is -4.64. The number of nitrogens with zero attached hydrogens (tertiary/aromatic N) is 2. The summed E-state index contributed by atoms with van der Waals surface area (Å²) in [7, 11) is 0. The van der Waals surface area contributed by atoms with Crippen molar-refractivity contribution < 1.29 is 36.6 Å². The Morgan fingerprint density at radius 2 is 1.66 bits per heavy atom. The molecule has 3 saturated carbocycles. The molecule has 1 heterocycles. The molecular formula is C21H19ClF4N4O5. The van der Waals surface area contributed by atoms with Gasteiger partial charge in [-0.05, 0) is 31.4 Å². The normalized spacial score (nSPS) is 22.4. The summed E-state index contributed by atoms with van der Waals surface area (Å²) in [5.74, 6) is -1.90. The summed E-state index contributed by atoms with van der Waals surface area (Å²) in [5.41, 5.74) is -2.10. The van der Waals surface area contributed by atoms with Crippen molar-refractivity contribution in [1.29, 1.82) is 0 Å². The van der Waals surface area contributed by atoms with Crippen molar-refractivity contribution in [2.24, 2.45) is 0 Å². The Morgan fingerprint density at radius 1 is 1.06 bits per heavy atom. The summed E-state index contributed by atoms with van der Waals surface area (Å²) in [6.07, 6.45) is -2.24. The van der Waals surface area contributed by atoms with Crippen molar-refractivity contribution in [2.45, 2.75) is 43.1 Å². The zero-order valence-electron chi connectivity index (χ0n) is 18.0. The highest BCUT2D eigenvalue weighted by atomic mass is 35.5. The first-order valence-corrected chi connectivity index (χ1v) is 10.7. The van der Waals surface area contributed by atoms with E-state index in [9.17, 15) is 31.9 Å². The summed E-state index contributed by atoms with van der Waals surface area (Å²) >= 11 is 5.59. The molecule has 2 aromatic rings. The number of benzene rings is 1. The lowest BCUT2D eigenvalue weighted by Gasteiger charge is -2.70. The van der Waals surface area contributed by atoms with Crippen molar-refractivity contribution >= 4 is 23.4 Å². The molecule has 3 fully saturated rings. The van der Waals surface area contributed by atoms with Crippen molar-refractivity contribution in [3.05, 3.63) is 51.7 Å².